The van der Waals surface area contributed by atoms with Gasteiger partial charge in [-0.05, 0) is 25.0 Å². The SMILES string of the molecule is CCc1ccc(S(=O)(=O)N2CC[C@H](n3cc(-c4ccccc4)nn3)C2)s1. The van der Waals surface area contributed by atoms with Gasteiger partial charge in [0.05, 0.1) is 12.2 Å². The molecule has 0 aliphatic carbocycles. The maximum absolute atomic E-state index is 12.9. The largest absolute Gasteiger partial charge is 0.252 e. The van der Waals surface area contributed by atoms with Gasteiger partial charge in [0.2, 0.25) is 0 Å². The topological polar surface area (TPSA) is 68.1 Å². The molecule has 26 heavy (non-hydrogen) atoms. The smallest absolute Gasteiger partial charge is 0.247 e. The summed E-state index contributed by atoms with van der Waals surface area (Å²) in [4.78, 5) is 1.09. The van der Waals surface area contributed by atoms with Crippen LogP contribution in [0.3, 0.4) is 0 Å². The molecular formula is C18H20N4O2S2. The average Bonchev–Trinajstić information content (AvgIpc) is 3.42. The molecule has 0 amide bonds. The Kier molecular flexibility index (Phi) is 4.64. The number of thiophene rings is 1. The van der Waals surface area contributed by atoms with Crippen molar-refractivity contribution in [1.29, 1.82) is 0 Å². The molecule has 0 spiro atoms. The van der Waals surface area contributed by atoms with Crippen molar-refractivity contribution in [2.75, 3.05) is 13.1 Å². The van der Waals surface area contributed by atoms with Crippen molar-refractivity contribution in [1.82, 2.24) is 19.3 Å². The summed E-state index contributed by atoms with van der Waals surface area (Å²) in [6, 6.07) is 13.5. The highest BCUT2D eigenvalue weighted by molar-refractivity contribution is 7.91. The van der Waals surface area contributed by atoms with E-state index >= 15 is 0 Å². The molecule has 0 saturated carbocycles. The molecular weight excluding hydrogens is 368 g/mol. The molecule has 0 N–H and O–H groups in total. The highest BCUT2D eigenvalue weighted by atomic mass is 32.2. The van der Waals surface area contributed by atoms with Crippen molar-refractivity contribution in [3.8, 4) is 11.3 Å². The molecule has 0 radical (unpaired) electrons. The lowest BCUT2D eigenvalue weighted by atomic mass is 10.2. The van der Waals surface area contributed by atoms with Crippen LogP contribution in [0, 0.1) is 0 Å². The second kappa shape index (κ2) is 6.94. The first-order valence-corrected chi connectivity index (χ1v) is 10.9. The Balaban J connectivity index is 1.51. The fraction of sp³-hybridized carbons (Fsp3) is 0.333. The average molecular weight is 389 g/mol. The summed E-state index contributed by atoms with van der Waals surface area (Å²) in [5, 5.41) is 8.47. The molecule has 3 aromatic rings. The quantitative estimate of drug-likeness (QED) is 0.673. The first-order chi connectivity index (χ1) is 12.6. The minimum Gasteiger partial charge on any atom is -0.247 e. The molecule has 0 bridgehead atoms. The van der Waals surface area contributed by atoms with Crippen molar-refractivity contribution >= 4 is 21.4 Å². The van der Waals surface area contributed by atoms with Crippen LogP contribution in [-0.2, 0) is 16.4 Å². The van der Waals surface area contributed by atoms with E-state index in [-0.39, 0.29) is 6.04 Å². The van der Waals surface area contributed by atoms with Gasteiger partial charge in [0.25, 0.3) is 10.0 Å². The van der Waals surface area contributed by atoms with Crippen LogP contribution in [0.25, 0.3) is 11.3 Å². The van der Waals surface area contributed by atoms with Crippen molar-refractivity contribution in [3.05, 3.63) is 53.5 Å². The molecule has 1 fully saturated rings. The van der Waals surface area contributed by atoms with Crippen molar-refractivity contribution in [2.24, 2.45) is 0 Å². The highest BCUT2D eigenvalue weighted by Gasteiger charge is 2.34. The minimum absolute atomic E-state index is 0.0142. The van der Waals surface area contributed by atoms with Crippen LogP contribution in [0.15, 0.2) is 52.9 Å². The summed E-state index contributed by atoms with van der Waals surface area (Å²) in [7, 11) is -3.42. The Labute approximate surface area is 157 Å². The Hall–Kier alpha value is -2.03. The number of rotatable bonds is 5. The Morgan fingerprint density at radius 3 is 2.73 bits per heavy atom. The zero-order valence-corrected chi connectivity index (χ0v) is 16.1. The third-order valence-electron chi connectivity index (χ3n) is 4.66. The summed E-state index contributed by atoms with van der Waals surface area (Å²) in [5.41, 5.74) is 1.81. The van der Waals surface area contributed by atoms with E-state index < -0.39 is 10.0 Å². The van der Waals surface area contributed by atoms with Gasteiger partial charge in [-0.25, -0.2) is 13.1 Å². The molecule has 1 saturated heterocycles. The number of hydrogen-bond acceptors (Lipinski definition) is 5. The minimum atomic E-state index is -3.42. The first-order valence-electron chi connectivity index (χ1n) is 8.64. The van der Waals surface area contributed by atoms with E-state index in [4.69, 9.17) is 0 Å². The van der Waals surface area contributed by atoms with Crippen LogP contribution in [0.1, 0.15) is 24.3 Å². The van der Waals surface area contributed by atoms with Crippen LogP contribution in [-0.4, -0.2) is 40.8 Å². The van der Waals surface area contributed by atoms with Crippen LogP contribution >= 0.6 is 11.3 Å². The maximum Gasteiger partial charge on any atom is 0.252 e. The van der Waals surface area contributed by atoms with Crippen molar-refractivity contribution < 1.29 is 8.42 Å². The standard InChI is InChI=1S/C18H20N4O2S2/c1-2-16-8-9-18(25-16)26(23,24)21-11-10-15(12-21)22-13-17(19-20-22)14-6-4-3-5-7-14/h3-9,13,15H,2,10-12H2,1H3/t15-/m0/s1. The van der Waals surface area contributed by atoms with E-state index in [0.29, 0.717) is 17.3 Å². The van der Waals surface area contributed by atoms with E-state index in [2.05, 4.69) is 10.3 Å². The van der Waals surface area contributed by atoms with Gasteiger partial charge in [-0.2, -0.15) is 4.31 Å². The van der Waals surface area contributed by atoms with Gasteiger partial charge in [-0.1, -0.05) is 42.5 Å². The van der Waals surface area contributed by atoms with Gasteiger partial charge in [-0.15, -0.1) is 16.4 Å². The lowest BCUT2D eigenvalue weighted by Crippen LogP contribution is -2.28. The lowest BCUT2D eigenvalue weighted by Gasteiger charge is -2.15. The summed E-state index contributed by atoms with van der Waals surface area (Å²) < 4.78 is 29.5. The monoisotopic (exact) mass is 388 g/mol. The molecule has 136 valence electrons. The number of sulfonamides is 1. The summed E-state index contributed by atoms with van der Waals surface area (Å²) in [6.45, 7) is 2.97. The van der Waals surface area contributed by atoms with Crippen LogP contribution in [0.2, 0.25) is 0 Å². The maximum atomic E-state index is 12.9. The van der Waals surface area contributed by atoms with E-state index in [1.807, 2.05) is 49.5 Å². The predicted octanol–water partition coefficient (Wildman–Crippen LogP) is 3.20. The summed E-state index contributed by atoms with van der Waals surface area (Å²) in [5.74, 6) is 0. The van der Waals surface area contributed by atoms with E-state index in [0.717, 1.165) is 29.0 Å². The molecule has 1 atom stereocenters. The molecule has 1 aliphatic heterocycles. The molecule has 3 heterocycles. The van der Waals surface area contributed by atoms with Crippen molar-refractivity contribution in [3.63, 3.8) is 0 Å². The molecule has 1 aromatic carbocycles. The summed E-state index contributed by atoms with van der Waals surface area (Å²) >= 11 is 1.36. The predicted molar refractivity (Wildman–Crippen MR) is 102 cm³/mol. The number of nitrogens with zero attached hydrogens (tertiary/aromatic N) is 4. The van der Waals surface area contributed by atoms with Crippen LogP contribution < -0.4 is 0 Å². The number of aryl methyl sites for hydroxylation is 1. The molecule has 0 unspecified atom stereocenters. The lowest BCUT2D eigenvalue weighted by molar-refractivity contribution is 0.429. The van der Waals surface area contributed by atoms with Gasteiger partial charge in [0.15, 0.2) is 0 Å². The third-order valence-corrected chi connectivity index (χ3v) is 8.22. The number of aromatic nitrogens is 3. The fourth-order valence-corrected chi connectivity index (χ4v) is 6.10. The van der Waals surface area contributed by atoms with Crippen molar-refractivity contribution in [2.45, 2.75) is 30.0 Å². The van der Waals surface area contributed by atoms with Gasteiger partial charge in [0.1, 0.15) is 9.90 Å². The molecule has 2 aromatic heterocycles. The molecule has 6 nitrogen and oxygen atoms in total. The van der Waals surface area contributed by atoms with Crippen LogP contribution in [0.5, 0.6) is 0 Å². The first kappa shape index (κ1) is 17.4. The molecule has 4 rings (SSSR count). The molecule has 8 heteroatoms. The Bertz CT molecular complexity index is 995. The van der Waals surface area contributed by atoms with Gasteiger partial charge in [0, 0.05) is 23.5 Å². The van der Waals surface area contributed by atoms with Gasteiger partial charge >= 0.3 is 0 Å². The number of hydrogen-bond donors (Lipinski definition) is 0. The van der Waals surface area contributed by atoms with Gasteiger partial charge < -0.3 is 0 Å². The number of benzene rings is 1. The fourth-order valence-electron chi connectivity index (χ4n) is 3.16. The summed E-state index contributed by atoms with van der Waals surface area (Å²) in [6.07, 6.45) is 3.49. The zero-order valence-electron chi connectivity index (χ0n) is 14.4. The third kappa shape index (κ3) is 3.20. The highest BCUT2D eigenvalue weighted by Crippen LogP contribution is 2.31. The molecule has 1 aliphatic rings. The normalized spacial score (nSPS) is 18.4. The van der Waals surface area contributed by atoms with E-state index in [1.165, 1.54) is 11.3 Å². The zero-order chi connectivity index (χ0) is 18.1. The van der Waals surface area contributed by atoms with Gasteiger partial charge in [-0.3, -0.25) is 0 Å². The Morgan fingerprint density at radius 1 is 1.19 bits per heavy atom. The Morgan fingerprint density at radius 2 is 2.00 bits per heavy atom. The van der Waals surface area contributed by atoms with E-state index in [1.54, 1.807) is 15.1 Å². The second-order valence-electron chi connectivity index (χ2n) is 6.33. The second-order valence-corrected chi connectivity index (χ2v) is 9.66. The van der Waals surface area contributed by atoms with E-state index in [9.17, 15) is 8.42 Å². The van der Waals surface area contributed by atoms with Crippen LogP contribution in [0.4, 0.5) is 0 Å².